The minimum atomic E-state index is -0.355. The van der Waals surface area contributed by atoms with E-state index in [-0.39, 0.29) is 11.2 Å². The lowest BCUT2D eigenvalue weighted by molar-refractivity contribution is 0.574. The first-order valence-electron chi connectivity index (χ1n) is 6.68. The molecule has 0 saturated carbocycles. The van der Waals surface area contributed by atoms with Crippen molar-refractivity contribution in [2.24, 2.45) is 0 Å². The number of halogens is 1. The van der Waals surface area contributed by atoms with E-state index >= 15 is 0 Å². The number of rotatable bonds is 3. The van der Waals surface area contributed by atoms with E-state index in [0.717, 1.165) is 17.1 Å². The topological polar surface area (TPSA) is 28.7 Å². The second-order valence-corrected chi connectivity index (χ2v) is 6.23. The molecule has 20 heavy (non-hydrogen) atoms. The summed E-state index contributed by atoms with van der Waals surface area (Å²) < 4.78 is 13.7. The molecule has 0 radical (unpaired) electrons. The van der Waals surface area contributed by atoms with E-state index in [1.807, 2.05) is 6.07 Å². The van der Waals surface area contributed by atoms with Crippen molar-refractivity contribution in [1.82, 2.24) is 9.97 Å². The highest BCUT2D eigenvalue weighted by Gasteiger charge is 2.26. The molecule has 0 fully saturated rings. The van der Waals surface area contributed by atoms with Crippen LogP contribution in [0.5, 0.6) is 0 Å². The number of nitrogens with zero attached hydrogens (tertiary/aromatic N) is 1. The van der Waals surface area contributed by atoms with E-state index in [9.17, 15) is 4.39 Å². The molecule has 106 valence electrons. The molecule has 1 aromatic heterocycles. The Kier molecular flexibility index (Phi) is 4.04. The van der Waals surface area contributed by atoms with E-state index in [4.69, 9.17) is 12.2 Å². The van der Waals surface area contributed by atoms with Gasteiger partial charge in [-0.05, 0) is 43.5 Å². The largest absolute Gasteiger partial charge is 0.346 e. The summed E-state index contributed by atoms with van der Waals surface area (Å²) in [7, 11) is 0. The Bertz CT molecular complexity index is 657. The van der Waals surface area contributed by atoms with Crippen molar-refractivity contribution in [3.05, 3.63) is 57.9 Å². The number of nitrogens with one attached hydrogen (secondary N) is 1. The maximum atomic E-state index is 13.1. The molecule has 4 heteroatoms. The van der Waals surface area contributed by atoms with Crippen LogP contribution in [0, 0.1) is 10.5 Å². The van der Waals surface area contributed by atoms with Crippen molar-refractivity contribution in [1.29, 1.82) is 0 Å². The van der Waals surface area contributed by atoms with Crippen LogP contribution in [0.1, 0.15) is 50.7 Å². The molecule has 0 atom stereocenters. The third kappa shape index (κ3) is 2.96. The summed E-state index contributed by atoms with van der Waals surface area (Å²) in [5.41, 5.74) is 1.71. The maximum absolute atomic E-state index is 13.1. The third-order valence-corrected chi connectivity index (χ3v) is 3.75. The molecule has 0 aliphatic carbocycles. The molecule has 0 saturated heterocycles. The molecule has 2 rings (SSSR count). The zero-order valence-corrected chi connectivity index (χ0v) is 13.0. The van der Waals surface area contributed by atoms with Crippen LogP contribution in [-0.2, 0) is 5.41 Å². The summed E-state index contributed by atoms with van der Waals surface area (Å²) in [6.07, 6.45) is 0. The van der Waals surface area contributed by atoms with Crippen LogP contribution in [0.25, 0.3) is 0 Å². The van der Waals surface area contributed by atoms with Crippen LogP contribution in [0.3, 0.4) is 0 Å². The summed E-state index contributed by atoms with van der Waals surface area (Å²) in [5, 5.41) is 0. The van der Waals surface area contributed by atoms with Gasteiger partial charge in [0.05, 0.1) is 0 Å². The smallest absolute Gasteiger partial charge is 0.130 e. The van der Waals surface area contributed by atoms with Gasteiger partial charge in [-0.25, -0.2) is 9.37 Å². The Morgan fingerprint density at radius 3 is 2.35 bits per heavy atom. The predicted molar refractivity (Wildman–Crippen MR) is 82.0 cm³/mol. The van der Waals surface area contributed by atoms with Gasteiger partial charge in [-0.15, -0.1) is 0 Å². The van der Waals surface area contributed by atoms with Crippen molar-refractivity contribution in [3.63, 3.8) is 0 Å². The summed E-state index contributed by atoms with van der Waals surface area (Å²) in [6, 6.07) is 8.41. The van der Waals surface area contributed by atoms with Gasteiger partial charge >= 0.3 is 0 Å². The first-order valence-corrected chi connectivity index (χ1v) is 7.09. The average Bonchev–Trinajstić information content (AvgIpc) is 2.38. The molecular formula is C16H19FN2S. The van der Waals surface area contributed by atoms with E-state index in [2.05, 4.69) is 37.7 Å². The van der Waals surface area contributed by atoms with Crippen LogP contribution < -0.4 is 0 Å². The molecule has 1 aromatic carbocycles. The Balaban J connectivity index is 2.53. The second-order valence-electron chi connectivity index (χ2n) is 5.81. The molecule has 1 heterocycles. The second kappa shape index (κ2) is 5.44. The van der Waals surface area contributed by atoms with E-state index in [1.165, 1.54) is 12.1 Å². The van der Waals surface area contributed by atoms with Gasteiger partial charge in [-0.2, -0.15) is 0 Å². The molecule has 0 bridgehead atoms. The lowest BCUT2D eigenvalue weighted by Crippen LogP contribution is -2.23. The number of H-pyrrole nitrogens is 1. The zero-order chi connectivity index (χ0) is 14.9. The molecule has 0 aliphatic rings. The van der Waals surface area contributed by atoms with Crippen LogP contribution in [0.2, 0.25) is 0 Å². The Hall–Kier alpha value is -1.55. The van der Waals surface area contributed by atoms with Gasteiger partial charge in [0.1, 0.15) is 16.3 Å². The minimum Gasteiger partial charge on any atom is -0.346 e. The van der Waals surface area contributed by atoms with Gasteiger partial charge in [0.25, 0.3) is 0 Å². The Labute approximate surface area is 124 Å². The molecule has 2 nitrogen and oxygen atoms in total. The van der Waals surface area contributed by atoms with Crippen LogP contribution >= 0.6 is 12.2 Å². The van der Waals surface area contributed by atoms with Crippen LogP contribution in [0.4, 0.5) is 4.39 Å². The highest BCUT2D eigenvalue weighted by atomic mass is 32.1. The van der Waals surface area contributed by atoms with Gasteiger partial charge < -0.3 is 4.98 Å². The quantitative estimate of drug-likeness (QED) is 0.828. The van der Waals surface area contributed by atoms with Crippen molar-refractivity contribution in [3.8, 4) is 0 Å². The van der Waals surface area contributed by atoms with E-state index < -0.39 is 0 Å². The molecule has 2 aromatic rings. The van der Waals surface area contributed by atoms with E-state index in [1.54, 1.807) is 12.1 Å². The first-order chi connectivity index (χ1) is 9.30. The fourth-order valence-electron chi connectivity index (χ4n) is 2.09. The number of aromatic amines is 1. The number of hydrogen-bond donors (Lipinski definition) is 1. The molecule has 0 aliphatic heterocycles. The third-order valence-electron chi connectivity index (χ3n) is 3.54. The summed E-state index contributed by atoms with van der Waals surface area (Å²) in [6.45, 7) is 8.32. The maximum Gasteiger partial charge on any atom is 0.130 e. The lowest BCUT2D eigenvalue weighted by Gasteiger charge is -2.25. The van der Waals surface area contributed by atoms with Crippen LogP contribution in [-0.4, -0.2) is 9.97 Å². The van der Waals surface area contributed by atoms with Gasteiger partial charge in [0, 0.05) is 11.1 Å². The predicted octanol–water partition coefficient (Wildman–Crippen LogP) is 4.73. The molecular weight excluding hydrogens is 271 g/mol. The highest BCUT2D eigenvalue weighted by molar-refractivity contribution is 7.71. The zero-order valence-electron chi connectivity index (χ0n) is 12.2. The van der Waals surface area contributed by atoms with Gasteiger partial charge in [-0.1, -0.05) is 38.2 Å². The van der Waals surface area contributed by atoms with Crippen molar-refractivity contribution in [2.75, 3.05) is 0 Å². The fraction of sp³-hybridized carbons (Fsp3) is 0.375. The van der Waals surface area contributed by atoms with Crippen molar-refractivity contribution >= 4 is 12.2 Å². The van der Waals surface area contributed by atoms with Gasteiger partial charge in [-0.3, -0.25) is 0 Å². The SMILES string of the molecule is CC(C)c1cc(=S)nc(C(C)(C)c2ccc(F)cc2)[nH]1. The summed E-state index contributed by atoms with van der Waals surface area (Å²) in [4.78, 5) is 7.82. The number of aromatic nitrogens is 2. The summed E-state index contributed by atoms with van der Waals surface area (Å²) in [5.74, 6) is 0.921. The van der Waals surface area contributed by atoms with Crippen molar-refractivity contribution < 1.29 is 4.39 Å². The summed E-state index contributed by atoms with van der Waals surface area (Å²) >= 11 is 5.25. The van der Waals surface area contributed by atoms with E-state index in [0.29, 0.717) is 10.6 Å². The Morgan fingerprint density at radius 2 is 1.80 bits per heavy atom. The molecule has 0 unspecified atom stereocenters. The number of hydrogen-bond acceptors (Lipinski definition) is 2. The normalized spacial score (nSPS) is 11.9. The average molecular weight is 290 g/mol. The van der Waals surface area contributed by atoms with Gasteiger partial charge in [0.2, 0.25) is 0 Å². The lowest BCUT2D eigenvalue weighted by atomic mass is 9.83. The highest BCUT2D eigenvalue weighted by Crippen LogP contribution is 2.29. The standard InChI is InChI=1S/C16H19FN2S/c1-10(2)13-9-14(20)19-15(18-13)16(3,4)11-5-7-12(17)8-6-11/h5-10H,1-4H3,(H,18,19,20). The van der Waals surface area contributed by atoms with Gasteiger partial charge in [0.15, 0.2) is 0 Å². The molecule has 0 spiro atoms. The molecule has 0 amide bonds. The van der Waals surface area contributed by atoms with Crippen molar-refractivity contribution in [2.45, 2.75) is 39.0 Å². The fourth-order valence-corrected chi connectivity index (χ4v) is 2.30. The molecule has 1 N–H and O–H groups in total. The van der Waals surface area contributed by atoms with Crippen LogP contribution in [0.15, 0.2) is 30.3 Å². The monoisotopic (exact) mass is 290 g/mol. The number of benzene rings is 1. The first kappa shape index (κ1) is 14.9. The Morgan fingerprint density at radius 1 is 1.20 bits per heavy atom. The minimum absolute atomic E-state index is 0.235.